The van der Waals surface area contributed by atoms with Crippen LogP contribution in [0.1, 0.15) is 31.9 Å². The molecule has 2 rings (SSSR count). The van der Waals surface area contributed by atoms with Crippen LogP contribution in [0.25, 0.3) is 0 Å². The fourth-order valence-corrected chi connectivity index (χ4v) is 3.67. The molecule has 0 radical (unpaired) electrons. The summed E-state index contributed by atoms with van der Waals surface area (Å²) >= 11 is 0. The Kier molecular flexibility index (Phi) is 8.24. The van der Waals surface area contributed by atoms with Crippen LogP contribution in [0, 0.1) is 0 Å². The maximum Gasteiger partial charge on any atom is 0.0701 e. The van der Waals surface area contributed by atoms with Crippen molar-refractivity contribution in [2.45, 2.75) is 26.2 Å². The van der Waals surface area contributed by atoms with Crippen molar-refractivity contribution < 1.29 is 0 Å². The van der Waals surface area contributed by atoms with E-state index in [0.29, 0.717) is 0 Å². The van der Waals surface area contributed by atoms with Gasteiger partial charge in [-0.3, -0.25) is 0 Å². The fourth-order valence-electron chi connectivity index (χ4n) is 3.67. The molecule has 0 aliphatic carbocycles. The van der Waals surface area contributed by atoms with E-state index in [1.165, 1.54) is 22.3 Å². The highest BCUT2D eigenvalue weighted by atomic mass is 14.4. The number of allylic oxidation sites excluding steroid dienone is 11. The van der Waals surface area contributed by atoms with Crippen LogP contribution < -0.4 is 0 Å². The Hall–Kier alpha value is -3.12. The summed E-state index contributed by atoms with van der Waals surface area (Å²) in [7, 11) is 0. The van der Waals surface area contributed by atoms with Gasteiger partial charge in [0.05, 0.1) is 5.41 Å². The third-order valence-electron chi connectivity index (χ3n) is 4.74. The summed E-state index contributed by atoms with van der Waals surface area (Å²) in [5.74, 6) is 0. The topological polar surface area (TPSA) is 0 Å². The molecule has 0 unspecified atom stereocenters. The molecule has 0 spiro atoms. The van der Waals surface area contributed by atoms with Crippen molar-refractivity contribution in [2.75, 3.05) is 0 Å². The Morgan fingerprint density at radius 2 is 1.14 bits per heavy atom. The van der Waals surface area contributed by atoms with Gasteiger partial charge in [-0.2, -0.15) is 0 Å². The summed E-state index contributed by atoms with van der Waals surface area (Å²) in [4.78, 5) is 0. The minimum atomic E-state index is -0.449. The Bertz CT molecular complexity index is 848. The lowest BCUT2D eigenvalue weighted by molar-refractivity contribution is 0.742. The molecule has 142 valence electrons. The molecule has 0 atom stereocenters. The van der Waals surface area contributed by atoms with Crippen molar-refractivity contribution in [2.24, 2.45) is 0 Å². The van der Waals surface area contributed by atoms with E-state index in [-0.39, 0.29) is 0 Å². The van der Waals surface area contributed by atoms with E-state index in [9.17, 15) is 0 Å². The van der Waals surface area contributed by atoms with Crippen molar-refractivity contribution in [1.29, 1.82) is 0 Å². The third kappa shape index (κ3) is 4.40. The Morgan fingerprint density at radius 1 is 0.679 bits per heavy atom. The molecule has 2 aromatic rings. The molecule has 0 nitrogen and oxygen atoms in total. The van der Waals surface area contributed by atoms with Crippen molar-refractivity contribution in [1.82, 2.24) is 0 Å². The molecule has 0 heteroatoms. The van der Waals surface area contributed by atoms with Gasteiger partial charge in [0.2, 0.25) is 0 Å². The lowest BCUT2D eigenvalue weighted by atomic mass is 9.63. The van der Waals surface area contributed by atoms with Gasteiger partial charge in [-0.05, 0) is 43.0 Å². The first kappa shape index (κ1) is 21.2. The first-order chi connectivity index (χ1) is 13.7. The first-order valence-corrected chi connectivity index (χ1v) is 9.78. The van der Waals surface area contributed by atoms with Gasteiger partial charge in [0.1, 0.15) is 0 Å². The summed E-state index contributed by atoms with van der Waals surface area (Å²) in [6, 6.07) is 21.4. The van der Waals surface area contributed by atoms with Gasteiger partial charge < -0.3 is 0 Å². The van der Waals surface area contributed by atoms with E-state index in [0.717, 1.165) is 0 Å². The molecule has 0 saturated carbocycles. The summed E-state index contributed by atoms with van der Waals surface area (Å²) in [6.45, 7) is 10.2. The van der Waals surface area contributed by atoms with Crippen LogP contribution in [-0.4, -0.2) is 0 Å². The van der Waals surface area contributed by atoms with Gasteiger partial charge in [-0.1, -0.05) is 122 Å². The van der Waals surface area contributed by atoms with E-state index < -0.39 is 5.41 Å². The van der Waals surface area contributed by atoms with Gasteiger partial charge in [-0.15, -0.1) is 0 Å². The monoisotopic (exact) mass is 366 g/mol. The van der Waals surface area contributed by atoms with Crippen LogP contribution in [0.5, 0.6) is 0 Å². The lowest BCUT2D eigenvalue weighted by Gasteiger charge is -2.38. The van der Waals surface area contributed by atoms with Crippen LogP contribution in [0.15, 0.2) is 133 Å². The average molecular weight is 367 g/mol. The van der Waals surface area contributed by atoms with E-state index in [2.05, 4.69) is 130 Å². The van der Waals surface area contributed by atoms with Crippen molar-refractivity contribution in [3.63, 3.8) is 0 Å². The zero-order chi connectivity index (χ0) is 20.2. The van der Waals surface area contributed by atoms with Crippen LogP contribution in [0.4, 0.5) is 0 Å². The van der Waals surface area contributed by atoms with E-state index >= 15 is 0 Å². The van der Waals surface area contributed by atoms with Gasteiger partial charge in [-0.25, -0.2) is 0 Å². The summed E-state index contributed by atoms with van der Waals surface area (Å²) in [6.07, 6.45) is 19.0. The maximum atomic E-state index is 3.99. The number of hydrogen-bond acceptors (Lipinski definition) is 0. The van der Waals surface area contributed by atoms with Gasteiger partial charge in [0, 0.05) is 0 Å². The second-order valence-corrected chi connectivity index (χ2v) is 6.49. The standard InChI is InChI=1S/C28H30/c1-5-9-19-25(18-8-4)28(24(16-6-2)17-7-3,26-20-12-10-13-21-26)27-22-14-11-15-23-27/h5-23H,2H2,1,3-4H3/b9-5-,17-7-,18-8-,24-16+,25-19+. The number of rotatable bonds is 8. The summed E-state index contributed by atoms with van der Waals surface area (Å²) < 4.78 is 0. The highest BCUT2D eigenvalue weighted by molar-refractivity contribution is 5.63. The van der Waals surface area contributed by atoms with Gasteiger partial charge in [0.15, 0.2) is 0 Å². The molecule has 0 aliphatic rings. The largest absolute Gasteiger partial charge is 0.0991 e. The minimum absolute atomic E-state index is 0.449. The van der Waals surface area contributed by atoms with Crippen LogP contribution in [0.2, 0.25) is 0 Å². The van der Waals surface area contributed by atoms with E-state index in [4.69, 9.17) is 0 Å². The second-order valence-electron chi connectivity index (χ2n) is 6.49. The minimum Gasteiger partial charge on any atom is -0.0991 e. The summed E-state index contributed by atoms with van der Waals surface area (Å²) in [5.41, 5.74) is 4.38. The highest BCUT2D eigenvalue weighted by Gasteiger charge is 2.39. The predicted molar refractivity (Wildman–Crippen MR) is 124 cm³/mol. The van der Waals surface area contributed by atoms with Crippen molar-refractivity contribution in [3.8, 4) is 0 Å². The smallest absolute Gasteiger partial charge is 0.0701 e. The van der Waals surface area contributed by atoms with Crippen LogP contribution in [0.3, 0.4) is 0 Å². The van der Waals surface area contributed by atoms with Crippen LogP contribution in [-0.2, 0) is 5.41 Å². The summed E-state index contributed by atoms with van der Waals surface area (Å²) in [5, 5.41) is 0. The Labute approximate surface area is 170 Å². The molecular weight excluding hydrogens is 336 g/mol. The molecule has 0 saturated heterocycles. The van der Waals surface area contributed by atoms with Crippen molar-refractivity contribution in [3.05, 3.63) is 144 Å². The zero-order valence-electron chi connectivity index (χ0n) is 17.2. The van der Waals surface area contributed by atoms with Crippen LogP contribution >= 0.6 is 0 Å². The lowest BCUT2D eigenvalue weighted by Crippen LogP contribution is -2.32. The zero-order valence-corrected chi connectivity index (χ0v) is 17.2. The maximum absolute atomic E-state index is 3.99. The Morgan fingerprint density at radius 3 is 1.54 bits per heavy atom. The van der Waals surface area contributed by atoms with Gasteiger partial charge in [0.25, 0.3) is 0 Å². The second kappa shape index (κ2) is 10.9. The molecule has 28 heavy (non-hydrogen) atoms. The molecule has 0 bridgehead atoms. The average Bonchev–Trinajstić information content (AvgIpc) is 2.74. The molecule has 2 aromatic carbocycles. The third-order valence-corrected chi connectivity index (χ3v) is 4.74. The normalized spacial score (nSPS) is 13.7. The number of benzene rings is 2. The van der Waals surface area contributed by atoms with Crippen molar-refractivity contribution >= 4 is 0 Å². The molecule has 0 fully saturated rings. The molecule has 0 N–H and O–H groups in total. The number of hydrogen-bond donors (Lipinski definition) is 0. The van der Waals surface area contributed by atoms with E-state index in [1.54, 1.807) is 0 Å². The highest BCUT2D eigenvalue weighted by Crippen LogP contribution is 2.46. The quantitative estimate of drug-likeness (QED) is 0.419. The molecule has 0 aliphatic heterocycles. The molecule has 0 amide bonds. The molecular formula is C28H30. The Balaban J connectivity index is 3.07. The predicted octanol–water partition coefficient (Wildman–Crippen LogP) is 7.74. The van der Waals surface area contributed by atoms with E-state index in [1.807, 2.05) is 13.0 Å². The first-order valence-electron chi connectivity index (χ1n) is 9.78. The SMILES string of the molecule is C=C/C=C(\C=C/C)C(C(/C=C\C)=C/C=C\C)(c1ccccc1)c1ccccc1. The fraction of sp³-hybridized carbons (Fsp3) is 0.143. The molecule has 0 aromatic heterocycles. The molecule has 0 heterocycles. The van der Waals surface area contributed by atoms with Gasteiger partial charge >= 0.3 is 0 Å².